The number of rotatable bonds is 24. The van der Waals surface area contributed by atoms with Gasteiger partial charge in [-0.15, -0.1) is 0 Å². The molecule has 0 aromatic heterocycles. The van der Waals surface area contributed by atoms with Crippen molar-refractivity contribution in [3.63, 3.8) is 0 Å². The second-order valence-corrected chi connectivity index (χ2v) is 20.6. The summed E-state index contributed by atoms with van der Waals surface area (Å²) in [5.74, 6) is -1.23. The predicted octanol–water partition coefficient (Wildman–Crippen LogP) is 5.27. The van der Waals surface area contributed by atoms with Crippen molar-refractivity contribution in [1.82, 2.24) is 26.2 Å². The number of carbonyl (C=O) groups is 5. The van der Waals surface area contributed by atoms with Gasteiger partial charge in [0.25, 0.3) is 0 Å². The van der Waals surface area contributed by atoms with Gasteiger partial charge in [-0.25, -0.2) is 0 Å². The van der Waals surface area contributed by atoms with Crippen molar-refractivity contribution in [2.75, 3.05) is 39.9 Å². The molecule has 17 heteroatoms. The Hall–Kier alpha value is -4.71. The summed E-state index contributed by atoms with van der Waals surface area (Å²) in [6.07, 6.45) is 14.0. The van der Waals surface area contributed by atoms with E-state index in [-0.39, 0.29) is 56.7 Å². The first kappa shape index (κ1) is 53.6. The van der Waals surface area contributed by atoms with Crippen molar-refractivity contribution in [3.05, 3.63) is 47.5 Å². The van der Waals surface area contributed by atoms with E-state index in [1.165, 1.54) is 63.8 Å². The van der Waals surface area contributed by atoms with Gasteiger partial charge < -0.3 is 56.4 Å². The molecule has 2 saturated carbocycles. The minimum Gasteiger partial charge on any atom is -0.492 e. The van der Waals surface area contributed by atoms with E-state index in [4.69, 9.17) is 30.2 Å². The van der Waals surface area contributed by atoms with E-state index in [1.54, 1.807) is 24.3 Å². The molecule has 5 unspecified atom stereocenters. The molecular formula is C52H80BN7O9. The highest BCUT2D eigenvalue weighted by Crippen LogP contribution is 2.73. The summed E-state index contributed by atoms with van der Waals surface area (Å²) in [5.41, 5.74) is 13.7. The third-order valence-corrected chi connectivity index (χ3v) is 14.9. The molecule has 0 spiro atoms. The Balaban J connectivity index is 1.20. The van der Waals surface area contributed by atoms with E-state index in [0.29, 0.717) is 52.0 Å². The van der Waals surface area contributed by atoms with E-state index in [2.05, 4.69) is 49.0 Å². The molecule has 6 rings (SSSR count). The largest absolute Gasteiger partial charge is 0.492 e. The fourth-order valence-electron chi connectivity index (χ4n) is 10.9. The van der Waals surface area contributed by atoms with E-state index >= 15 is 0 Å². The quantitative estimate of drug-likeness (QED) is 0.0587. The van der Waals surface area contributed by atoms with E-state index in [9.17, 15) is 24.0 Å². The first-order valence-electron chi connectivity index (χ1n) is 25.7. The van der Waals surface area contributed by atoms with Gasteiger partial charge in [0.15, 0.2) is 0 Å². The number of nitrogens with one attached hydrogen (secondary N) is 4. The van der Waals surface area contributed by atoms with Gasteiger partial charge in [-0.1, -0.05) is 97.1 Å². The maximum atomic E-state index is 14.5. The average molecular weight is 958 g/mol. The van der Waals surface area contributed by atoms with Crippen LogP contribution in [0.15, 0.2) is 36.4 Å². The molecule has 0 radical (unpaired) electrons. The highest BCUT2D eigenvalue weighted by Gasteiger charge is 2.76. The van der Waals surface area contributed by atoms with Crippen molar-refractivity contribution in [1.29, 1.82) is 0 Å². The topological polar surface area (TPSA) is 226 Å². The SMILES string of the molecule is CCCCCCCCCCCCCC(=O)NCC(=O)N(C)C1C(=O)N[C@@H](C)C(=O)NC(C(=O)N[C@@H](C)B2OC3CC4C(C4(C)C)[C@]3(C)O2)Cc2ccc(OCCN)c(c2)-c2cc1ccc2OCCN. The predicted molar refractivity (Wildman–Crippen MR) is 267 cm³/mol. The second-order valence-electron chi connectivity index (χ2n) is 20.6. The molecule has 8 atom stereocenters. The van der Waals surface area contributed by atoms with Crippen LogP contribution in [-0.2, 0) is 39.7 Å². The molecular weight excluding hydrogens is 877 g/mol. The molecule has 16 nitrogen and oxygen atoms in total. The summed E-state index contributed by atoms with van der Waals surface area (Å²) < 4.78 is 25.3. The van der Waals surface area contributed by atoms with Gasteiger partial charge in [0.2, 0.25) is 29.5 Å². The summed E-state index contributed by atoms with van der Waals surface area (Å²) in [5, 5.41) is 11.5. The lowest BCUT2D eigenvalue weighted by molar-refractivity contribution is -0.140. The van der Waals surface area contributed by atoms with E-state index in [0.717, 1.165) is 32.1 Å². The van der Waals surface area contributed by atoms with Crippen LogP contribution in [0.2, 0.25) is 0 Å². The molecule has 2 aliphatic carbocycles. The smallest absolute Gasteiger partial charge is 0.481 e. The maximum Gasteiger partial charge on any atom is 0.481 e. The van der Waals surface area contributed by atoms with Crippen LogP contribution in [0.5, 0.6) is 11.5 Å². The van der Waals surface area contributed by atoms with Crippen LogP contribution in [-0.4, -0.2) is 111 Å². The Morgan fingerprint density at radius 1 is 0.870 bits per heavy atom. The number of hydrogen-bond acceptors (Lipinski definition) is 11. The number of unbranched alkanes of at least 4 members (excludes halogenated alkanes) is 10. The molecule has 8 N–H and O–H groups in total. The Kier molecular flexibility index (Phi) is 19.0. The number of nitrogens with zero attached hydrogens (tertiary/aromatic N) is 1. The number of amides is 5. The monoisotopic (exact) mass is 958 g/mol. The molecule has 4 aliphatic rings. The number of likely N-dealkylation sites (N-methyl/N-ethyl adjacent to an activating group) is 1. The molecule has 1 saturated heterocycles. The Morgan fingerprint density at radius 3 is 2.12 bits per heavy atom. The van der Waals surface area contributed by atoms with Gasteiger partial charge in [0.05, 0.1) is 24.2 Å². The molecule has 2 aromatic rings. The summed E-state index contributed by atoms with van der Waals surface area (Å²) in [7, 11) is 0.806. The number of benzene rings is 2. The standard InChI is InChI=1S/C52H80BN7O9/c1-8-9-10-11-12-13-14-15-16-17-18-19-44(61)56-32-45(62)60(7)46-36-21-23-42(67-27-25-55)38(30-36)37-28-35(20-22-41(37)66-26-24-54)29-40(59-48(63)33(2)57-50(46)65)49(64)58-34(3)53-68-43-31-39-47(51(39,4)5)52(43,6)69-53/h20-23,28,30,33-34,39-40,43,46-47H,8-19,24-27,29,31-32,54-55H2,1-7H3,(H,56,61)(H,57,65)(H,58,64)(H,59,63)/t33-,34-,39?,40?,43?,46?,47?,52+/m0/s1. The summed E-state index contributed by atoms with van der Waals surface area (Å²) >= 11 is 0. The number of ether oxygens (including phenoxy) is 2. The van der Waals surface area contributed by atoms with Crippen LogP contribution >= 0.6 is 0 Å². The number of hydrogen-bond donors (Lipinski definition) is 6. The molecule has 5 amide bonds. The molecule has 3 fully saturated rings. The molecule has 2 aliphatic heterocycles. The molecule has 2 heterocycles. The molecule has 69 heavy (non-hydrogen) atoms. The fourth-order valence-corrected chi connectivity index (χ4v) is 10.9. The molecule has 2 aromatic carbocycles. The van der Waals surface area contributed by atoms with Crippen molar-refractivity contribution in [2.45, 2.75) is 167 Å². The number of carbonyl (C=O) groups excluding carboxylic acids is 5. The van der Waals surface area contributed by atoms with Crippen LogP contribution in [0.3, 0.4) is 0 Å². The van der Waals surface area contributed by atoms with Gasteiger partial charge in [-0.2, -0.15) is 0 Å². The summed E-state index contributed by atoms with van der Waals surface area (Å²) in [4.78, 5) is 71.0. The van der Waals surface area contributed by atoms with Gasteiger partial charge in [-0.05, 0) is 86.3 Å². The zero-order valence-corrected chi connectivity index (χ0v) is 42.3. The van der Waals surface area contributed by atoms with Crippen LogP contribution in [0, 0.1) is 17.3 Å². The van der Waals surface area contributed by atoms with Crippen LogP contribution in [0.25, 0.3) is 11.1 Å². The number of nitrogens with two attached hydrogens (primary N) is 2. The molecule has 4 bridgehead atoms. The third-order valence-electron chi connectivity index (χ3n) is 14.9. The zero-order valence-electron chi connectivity index (χ0n) is 42.3. The van der Waals surface area contributed by atoms with E-state index < -0.39 is 60.4 Å². The summed E-state index contributed by atoms with van der Waals surface area (Å²) in [6, 6.07) is 7.12. The van der Waals surface area contributed by atoms with Crippen molar-refractivity contribution < 1.29 is 42.8 Å². The lowest BCUT2D eigenvalue weighted by Gasteiger charge is -2.30. The third kappa shape index (κ3) is 13.2. The summed E-state index contributed by atoms with van der Waals surface area (Å²) in [6.45, 7) is 12.7. The van der Waals surface area contributed by atoms with Gasteiger partial charge in [0, 0.05) is 44.1 Å². The first-order chi connectivity index (χ1) is 33.0. The Labute approximate surface area is 410 Å². The molecule has 380 valence electrons. The van der Waals surface area contributed by atoms with Crippen molar-refractivity contribution in [2.24, 2.45) is 28.7 Å². The zero-order chi connectivity index (χ0) is 49.9. The lowest BCUT2D eigenvalue weighted by Crippen LogP contribution is -2.57. The Morgan fingerprint density at radius 2 is 1.48 bits per heavy atom. The van der Waals surface area contributed by atoms with Gasteiger partial charge in [0.1, 0.15) is 42.8 Å². The fraction of sp³-hybridized carbons (Fsp3) is 0.673. The minimum atomic E-state index is -1.26. The first-order valence-corrected chi connectivity index (χ1v) is 25.7. The second kappa shape index (κ2) is 24.4. The average Bonchev–Trinajstić information content (AvgIpc) is 3.52. The van der Waals surface area contributed by atoms with Crippen LogP contribution < -0.4 is 42.2 Å². The Bertz CT molecular complexity index is 2110. The van der Waals surface area contributed by atoms with Gasteiger partial charge >= 0.3 is 7.12 Å². The van der Waals surface area contributed by atoms with Crippen molar-refractivity contribution in [3.8, 4) is 22.6 Å². The van der Waals surface area contributed by atoms with Crippen LogP contribution in [0.4, 0.5) is 0 Å². The van der Waals surface area contributed by atoms with E-state index in [1.807, 2.05) is 19.1 Å². The minimum absolute atomic E-state index is 0.0694. The van der Waals surface area contributed by atoms with Gasteiger partial charge in [-0.3, -0.25) is 24.0 Å². The highest BCUT2D eigenvalue weighted by atomic mass is 16.7. The normalized spacial score (nSPS) is 25.0. The van der Waals surface area contributed by atoms with Crippen molar-refractivity contribution >= 4 is 36.7 Å². The highest BCUT2D eigenvalue weighted by molar-refractivity contribution is 6.47. The maximum absolute atomic E-state index is 14.5. The lowest BCUT2D eigenvalue weighted by atomic mass is 9.79. The number of fused-ring (bicyclic) bond motifs is 8. The van der Waals surface area contributed by atoms with Crippen LogP contribution in [0.1, 0.15) is 142 Å².